The Morgan fingerprint density at radius 2 is 1.88 bits per heavy atom. The van der Waals surface area contributed by atoms with Crippen LogP contribution in [0.3, 0.4) is 0 Å². The van der Waals surface area contributed by atoms with Gasteiger partial charge in [-0.1, -0.05) is 42.2 Å². The van der Waals surface area contributed by atoms with Gasteiger partial charge in [0.25, 0.3) is 5.60 Å². The van der Waals surface area contributed by atoms with Gasteiger partial charge in [0.1, 0.15) is 5.71 Å². The van der Waals surface area contributed by atoms with Crippen LogP contribution in [0.4, 0.5) is 13.2 Å². The summed E-state index contributed by atoms with van der Waals surface area (Å²) in [7, 11) is 0. The minimum Gasteiger partial charge on any atom is -0.486 e. The van der Waals surface area contributed by atoms with Crippen LogP contribution in [0.5, 0.6) is 0 Å². The third kappa shape index (κ3) is 3.48. The molecule has 4 aliphatic heterocycles. The third-order valence-electron chi connectivity index (χ3n) is 6.41. The second-order valence-corrected chi connectivity index (χ2v) is 9.96. The van der Waals surface area contributed by atoms with E-state index in [0.29, 0.717) is 24.4 Å². The highest BCUT2D eigenvalue weighted by atomic mass is 35.5. The Labute approximate surface area is 203 Å². The number of halogens is 5. The van der Waals surface area contributed by atoms with Crippen LogP contribution in [0.2, 0.25) is 10.0 Å². The molecule has 1 aromatic rings. The van der Waals surface area contributed by atoms with Gasteiger partial charge in [-0.3, -0.25) is 4.79 Å². The zero-order valence-electron chi connectivity index (χ0n) is 18.2. The van der Waals surface area contributed by atoms with Crippen molar-refractivity contribution < 1.29 is 27.5 Å². The summed E-state index contributed by atoms with van der Waals surface area (Å²) in [6, 6.07) is 3.71. The number of rotatable bonds is 3. The largest absolute Gasteiger partial charge is 0.486 e. The second-order valence-electron chi connectivity index (χ2n) is 9.08. The maximum atomic E-state index is 14.2. The number of nitrogens with zero attached hydrogens (tertiary/aromatic N) is 2. The number of oxime groups is 1. The van der Waals surface area contributed by atoms with Crippen molar-refractivity contribution in [3.8, 4) is 0 Å². The first-order valence-electron chi connectivity index (χ1n) is 10.6. The maximum Gasteiger partial charge on any atom is 0.435 e. The summed E-state index contributed by atoms with van der Waals surface area (Å²) in [6.07, 6.45) is -0.409. The van der Waals surface area contributed by atoms with E-state index in [9.17, 15) is 18.0 Å². The predicted octanol–water partition coefficient (Wildman–Crippen LogP) is 5.05. The summed E-state index contributed by atoms with van der Waals surface area (Å²) < 4.78 is 48.6. The molecule has 0 saturated carbocycles. The van der Waals surface area contributed by atoms with E-state index in [1.54, 1.807) is 23.4 Å². The maximum absolute atomic E-state index is 14.2. The summed E-state index contributed by atoms with van der Waals surface area (Å²) in [5.41, 5.74) is -1.57. The molecule has 5 rings (SSSR count). The number of carbonyl (C=O) groups is 1. The van der Waals surface area contributed by atoms with Gasteiger partial charge in [0.2, 0.25) is 5.91 Å². The van der Waals surface area contributed by atoms with Gasteiger partial charge in [-0.2, -0.15) is 13.2 Å². The summed E-state index contributed by atoms with van der Waals surface area (Å²) in [5, 5.41) is 6.94. The summed E-state index contributed by atoms with van der Waals surface area (Å²) in [6.45, 7) is 4.51. The van der Waals surface area contributed by atoms with Crippen molar-refractivity contribution in [2.24, 2.45) is 11.1 Å². The number of allylic oxidation sites excluding steroid dienone is 2. The van der Waals surface area contributed by atoms with Gasteiger partial charge in [0, 0.05) is 38.9 Å². The topological polar surface area (TPSA) is 63.2 Å². The number of benzene rings is 1. The van der Waals surface area contributed by atoms with Crippen LogP contribution in [0.15, 0.2) is 58.7 Å². The molecule has 4 aliphatic rings. The number of alkyl halides is 3. The first-order valence-corrected chi connectivity index (χ1v) is 11.3. The lowest BCUT2D eigenvalue weighted by atomic mass is 9.81. The zero-order valence-corrected chi connectivity index (χ0v) is 19.7. The smallest absolute Gasteiger partial charge is 0.435 e. The van der Waals surface area contributed by atoms with Gasteiger partial charge in [0.05, 0.1) is 31.5 Å². The number of amides is 1. The van der Waals surface area contributed by atoms with Crippen molar-refractivity contribution in [1.82, 2.24) is 10.2 Å². The molecule has 1 N–H and O–H groups in total. The van der Waals surface area contributed by atoms with Gasteiger partial charge in [-0.05, 0) is 24.3 Å². The van der Waals surface area contributed by atoms with Crippen LogP contribution >= 0.6 is 23.2 Å². The summed E-state index contributed by atoms with van der Waals surface area (Å²) in [5.74, 6) is -0.0647. The molecule has 11 heteroatoms. The molecule has 0 aromatic heterocycles. The van der Waals surface area contributed by atoms with E-state index in [1.807, 2.05) is 13.8 Å². The molecule has 4 heterocycles. The highest BCUT2D eigenvalue weighted by molar-refractivity contribution is 6.34. The van der Waals surface area contributed by atoms with Crippen molar-refractivity contribution in [1.29, 1.82) is 0 Å². The lowest BCUT2D eigenvalue weighted by molar-refractivity contribution is -0.275. The minimum atomic E-state index is -4.78. The average Bonchev–Trinajstić information content (AvgIpc) is 3.34. The van der Waals surface area contributed by atoms with Gasteiger partial charge in [-0.15, -0.1) is 0 Å². The number of hydrogen-bond donors (Lipinski definition) is 1. The molecule has 6 nitrogen and oxygen atoms in total. The Kier molecular flexibility index (Phi) is 5.22. The third-order valence-corrected chi connectivity index (χ3v) is 6.85. The Balaban J connectivity index is 1.36. The van der Waals surface area contributed by atoms with E-state index >= 15 is 0 Å². The molecule has 1 fully saturated rings. The van der Waals surface area contributed by atoms with Crippen molar-refractivity contribution in [3.05, 3.63) is 69.2 Å². The molecule has 1 aromatic carbocycles. The predicted molar refractivity (Wildman–Crippen MR) is 120 cm³/mol. The number of fused-ring (bicyclic) bond motifs is 2. The van der Waals surface area contributed by atoms with Crippen molar-refractivity contribution in [3.63, 3.8) is 0 Å². The molecular weight excluding hydrogens is 494 g/mol. The highest BCUT2D eigenvalue weighted by Gasteiger charge is 2.63. The van der Waals surface area contributed by atoms with E-state index in [1.165, 1.54) is 18.2 Å². The second kappa shape index (κ2) is 7.68. The molecule has 1 atom stereocenters. The lowest BCUT2D eigenvalue weighted by Crippen LogP contribution is -2.65. The van der Waals surface area contributed by atoms with E-state index < -0.39 is 23.8 Å². The van der Waals surface area contributed by atoms with Gasteiger partial charge in [-0.25, -0.2) is 0 Å². The molecule has 0 bridgehead atoms. The number of ether oxygens (including phenoxy) is 1. The van der Waals surface area contributed by atoms with Crippen molar-refractivity contribution in [2.75, 3.05) is 13.1 Å². The monoisotopic (exact) mass is 513 g/mol. The number of likely N-dealkylation sites (tertiary alicyclic amines) is 1. The van der Waals surface area contributed by atoms with Gasteiger partial charge >= 0.3 is 6.18 Å². The molecule has 180 valence electrons. The Morgan fingerprint density at radius 1 is 1.21 bits per heavy atom. The molecule has 1 amide bonds. The first-order chi connectivity index (χ1) is 15.9. The highest BCUT2D eigenvalue weighted by Crippen LogP contribution is 2.50. The van der Waals surface area contributed by atoms with Crippen molar-refractivity contribution >= 4 is 34.8 Å². The van der Waals surface area contributed by atoms with E-state index in [2.05, 4.69) is 10.5 Å². The van der Waals surface area contributed by atoms with Crippen LogP contribution in [-0.4, -0.2) is 41.4 Å². The average molecular weight is 514 g/mol. The molecule has 1 spiro atoms. The quantitative estimate of drug-likeness (QED) is 0.614. The Morgan fingerprint density at radius 3 is 2.50 bits per heavy atom. The SMILES string of the molecule is CC(C)C(=O)N1CC2(C1)OC=C1C=C(C3=NOC(c4cc(Cl)cc(Cl)c4)(C(F)(F)F)C3)NC=C12. The first kappa shape index (κ1) is 23.1. The Bertz CT molecular complexity index is 1180. The fraction of sp³-hybridized carbons (Fsp3) is 0.391. The molecular formula is C23H20Cl2F3N3O3. The summed E-state index contributed by atoms with van der Waals surface area (Å²) in [4.78, 5) is 19.0. The van der Waals surface area contributed by atoms with Crippen LogP contribution in [-0.2, 0) is 20.0 Å². The molecule has 0 aliphatic carbocycles. The van der Waals surface area contributed by atoms with Crippen LogP contribution < -0.4 is 5.32 Å². The van der Waals surface area contributed by atoms with E-state index in [0.717, 1.165) is 5.57 Å². The fourth-order valence-corrected chi connectivity index (χ4v) is 5.10. The summed E-state index contributed by atoms with van der Waals surface area (Å²) >= 11 is 11.9. The van der Waals surface area contributed by atoms with Gasteiger partial charge < -0.3 is 19.8 Å². The van der Waals surface area contributed by atoms with Crippen molar-refractivity contribution in [2.45, 2.75) is 37.6 Å². The normalized spacial score (nSPS) is 24.9. The van der Waals surface area contributed by atoms with E-state index in [4.69, 9.17) is 32.8 Å². The zero-order chi connectivity index (χ0) is 24.5. The molecule has 1 unspecified atom stereocenters. The molecule has 1 saturated heterocycles. The van der Waals surface area contributed by atoms with Crippen LogP contribution in [0.1, 0.15) is 25.8 Å². The van der Waals surface area contributed by atoms with Crippen LogP contribution in [0, 0.1) is 5.92 Å². The fourth-order valence-electron chi connectivity index (χ4n) is 4.58. The Hall–Kier alpha value is -2.65. The van der Waals surface area contributed by atoms with Crippen LogP contribution in [0.25, 0.3) is 0 Å². The molecule has 34 heavy (non-hydrogen) atoms. The minimum absolute atomic E-state index is 0.0466. The molecule has 0 radical (unpaired) electrons. The lowest BCUT2D eigenvalue weighted by Gasteiger charge is -2.48. The van der Waals surface area contributed by atoms with E-state index in [-0.39, 0.29) is 33.1 Å². The number of nitrogens with one attached hydrogen (secondary N) is 1. The number of dihydropyridines is 1. The standard InChI is InChI=1S/C23H20Cl2F3N3O3/c1-12(2)20(32)31-10-21(11-31)17-8-29-18(3-13(17)9-33-21)19-7-22(34-30-19,23(26,27)28)14-4-15(24)6-16(25)5-14/h3-6,8-9,12,29H,7,10-11H2,1-2H3. The number of carbonyl (C=O) groups excluding carboxylic acids is 1. The van der Waals surface area contributed by atoms with Gasteiger partial charge in [0.15, 0.2) is 5.60 Å². The number of hydrogen-bond acceptors (Lipinski definition) is 5.